The van der Waals surface area contributed by atoms with Gasteiger partial charge >= 0.3 is 6.18 Å². The van der Waals surface area contributed by atoms with Gasteiger partial charge < -0.3 is 15.7 Å². The second-order valence-electron chi connectivity index (χ2n) is 4.47. The fraction of sp³-hybridized carbons (Fsp3) is 0.143. The number of amides is 2. The van der Waals surface area contributed by atoms with Gasteiger partial charge in [0, 0.05) is 10.9 Å². The topological polar surface area (TPSA) is 78.4 Å². The van der Waals surface area contributed by atoms with E-state index in [2.05, 4.69) is 10.6 Å². The predicted octanol–water partition coefficient (Wildman–Crippen LogP) is 2.84. The molecule has 2 amide bonds. The maximum atomic E-state index is 12.6. The molecular weight excluding hydrogens is 333 g/mol. The minimum atomic E-state index is -4.60. The number of phenols is 1. The maximum Gasteiger partial charge on any atom is 0.416 e. The number of hydrogen-bond donors (Lipinski definition) is 3. The van der Waals surface area contributed by atoms with Crippen molar-refractivity contribution in [3.05, 3.63) is 46.2 Å². The zero-order valence-corrected chi connectivity index (χ0v) is 12.3. The van der Waals surface area contributed by atoms with E-state index in [1.807, 2.05) is 0 Å². The monoisotopic (exact) mass is 344 g/mol. The van der Waals surface area contributed by atoms with E-state index in [9.17, 15) is 27.9 Å². The molecule has 0 atom stereocenters. The molecule has 0 saturated carbocycles. The standard InChI is InChI=1S/C14H11F3N2O3S/c15-14(16,17)9-1-2-11(20)10(5-9)19-12(21)6-18-13(22)8-3-4-23-7-8/h1-5,7,20H,6H2,(H,18,22)(H,19,21). The Balaban J connectivity index is 1.99. The molecule has 0 saturated heterocycles. The van der Waals surface area contributed by atoms with Gasteiger partial charge in [0.05, 0.1) is 17.8 Å². The van der Waals surface area contributed by atoms with Gasteiger partial charge in [0.15, 0.2) is 0 Å². The number of alkyl halides is 3. The second kappa shape index (κ2) is 6.69. The zero-order valence-electron chi connectivity index (χ0n) is 11.5. The van der Waals surface area contributed by atoms with Crippen LogP contribution in [-0.2, 0) is 11.0 Å². The van der Waals surface area contributed by atoms with E-state index in [0.717, 1.165) is 6.07 Å². The van der Waals surface area contributed by atoms with Gasteiger partial charge in [0.25, 0.3) is 5.91 Å². The molecule has 0 radical (unpaired) electrons. The molecule has 0 unspecified atom stereocenters. The first-order valence-corrected chi connectivity index (χ1v) is 7.22. The minimum absolute atomic E-state index is 0.379. The van der Waals surface area contributed by atoms with Crippen molar-refractivity contribution < 1.29 is 27.9 Å². The summed E-state index contributed by atoms with van der Waals surface area (Å²) in [5.41, 5.74) is -1.01. The molecule has 0 aliphatic carbocycles. The molecule has 0 fully saturated rings. The SMILES string of the molecule is O=C(CNC(=O)c1ccsc1)Nc1cc(C(F)(F)F)ccc1O. The van der Waals surface area contributed by atoms with Crippen molar-refractivity contribution in [3.63, 3.8) is 0 Å². The summed E-state index contributed by atoms with van der Waals surface area (Å²) in [5, 5.41) is 17.2. The quantitative estimate of drug-likeness (QED) is 0.747. The number of carbonyl (C=O) groups excluding carboxylic acids is 2. The third kappa shape index (κ3) is 4.46. The molecule has 23 heavy (non-hydrogen) atoms. The Hall–Kier alpha value is -2.55. The largest absolute Gasteiger partial charge is 0.506 e. The van der Waals surface area contributed by atoms with Gasteiger partial charge in [-0.2, -0.15) is 24.5 Å². The van der Waals surface area contributed by atoms with Crippen molar-refractivity contribution in [2.45, 2.75) is 6.18 Å². The highest BCUT2D eigenvalue weighted by atomic mass is 32.1. The second-order valence-corrected chi connectivity index (χ2v) is 5.25. The van der Waals surface area contributed by atoms with Crippen molar-refractivity contribution >= 4 is 28.8 Å². The van der Waals surface area contributed by atoms with E-state index in [-0.39, 0.29) is 5.69 Å². The number of phenolic OH excluding ortho intramolecular Hbond substituents is 1. The molecule has 2 rings (SSSR count). The van der Waals surface area contributed by atoms with E-state index in [4.69, 9.17) is 0 Å². The summed E-state index contributed by atoms with van der Waals surface area (Å²) >= 11 is 1.31. The first kappa shape index (κ1) is 16.8. The smallest absolute Gasteiger partial charge is 0.416 e. The number of aromatic hydroxyl groups is 1. The molecule has 122 valence electrons. The normalized spacial score (nSPS) is 11.1. The van der Waals surface area contributed by atoms with Crippen LogP contribution in [0.5, 0.6) is 5.75 Å². The van der Waals surface area contributed by atoms with Crippen LogP contribution in [0.25, 0.3) is 0 Å². The van der Waals surface area contributed by atoms with Crippen molar-refractivity contribution in [2.24, 2.45) is 0 Å². The summed E-state index contributed by atoms with van der Waals surface area (Å²) in [6.45, 7) is -0.440. The number of thiophene rings is 1. The third-order valence-electron chi connectivity index (χ3n) is 2.79. The van der Waals surface area contributed by atoms with Gasteiger partial charge in [-0.25, -0.2) is 0 Å². The van der Waals surface area contributed by atoms with E-state index >= 15 is 0 Å². The van der Waals surface area contributed by atoms with E-state index < -0.39 is 35.8 Å². The molecule has 0 aliphatic rings. The molecule has 5 nitrogen and oxygen atoms in total. The van der Waals surface area contributed by atoms with Crippen LogP contribution in [0.3, 0.4) is 0 Å². The van der Waals surface area contributed by atoms with Crippen molar-refractivity contribution in [2.75, 3.05) is 11.9 Å². The Morgan fingerprint density at radius 2 is 1.96 bits per heavy atom. The molecule has 0 aliphatic heterocycles. The highest BCUT2D eigenvalue weighted by molar-refractivity contribution is 7.08. The lowest BCUT2D eigenvalue weighted by atomic mass is 10.2. The lowest BCUT2D eigenvalue weighted by Gasteiger charge is -2.12. The highest BCUT2D eigenvalue weighted by Gasteiger charge is 2.31. The van der Waals surface area contributed by atoms with Gasteiger partial charge in [-0.05, 0) is 29.6 Å². The number of carbonyl (C=O) groups is 2. The van der Waals surface area contributed by atoms with Crippen LogP contribution in [0.2, 0.25) is 0 Å². The molecule has 0 bridgehead atoms. The molecular formula is C14H11F3N2O3S. The molecule has 3 N–H and O–H groups in total. The Morgan fingerprint density at radius 3 is 2.57 bits per heavy atom. The number of benzene rings is 1. The third-order valence-corrected chi connectivity index (χ3v) is 3.47. The highest BCUT2D eigenvalue weighted by Crippen LogP contribution is 2.34. The summed E-state index contributed by atoms with van der Waals surface area (Å²) in [5.74, 6) is -1.74. The molecule has 1 heterocycles. The lowest BCUT2D eigenvalue weighted by Crippen LogP contribution is -2.32. The van der Waals surface area contributed by atoms with E-state index in [1.165, 1.54) is 11.3 Å². The Bertz CT molecular complexity index is 715. The Kier molecular flexibility index (Phi) is 4.89. The summed E-state index contributed by atoms with van der Waals surface area (Å²) in [6, 6.07) is 3.72. The average molecular weight is 344 g/mol. The predicted molar refractivity (Wildman–Crippen MR) is 78.4 cm³/mol. The van der Waals surface area contributed by atoms with Gasteiger partial charge in [-0.3, -0.25) is 9.59 Å². The fourth-order valence-corrected chi connectivity index (χ4v) is 2.30. The van der Waals surface area contributed by atoms with Crippen LogP contribution >= 0.6 is 11.3 Å². The van der Waals surface area contributed by atoms with Crippen LogP contribution in [-0.4, -0.2) is 23.5 Å². The average Bonchev–Trinajstić information content (AvgIpc) is 3.00. The molecule has 2 aromatic rings. The Morgan fingerprint density at radius 1 is 1.22 bits per heavy atom. The van der Waals surface area contributed by atoms with E-state index in [1.54, 1.807) is 16.8 Å². The van der Waals surface area contributed by atoms with Crippen LogP contribution in [0, 0.1) is 0 Å². The van der Waals surface area contributed by atoms with Crippen molar-refractivity contribution in [3.8, 4) is 5.75 Å². The Labute approximate surface area is 132 Å². The summed E-state index contributed by atoms with van der Waals surface area (Å²) < 4.78 is 37.8. The summed E-state index contributed by atoms with van der Waals surface area (Å²) in [6.07, 6.45) is -4.60. The first-order valence-electron chi connectivity index (χ1n) is 6.28. The number of anilines is 1. The van der Waals surface area contributed by atoms with Crippen LogP contribution in [0.1, 0.15) is 15.9 Å². The van der Waals surface area contributed by atoms with Crippen LogP contribution in [0.4, 0.5) is 18.9 Å². The van der Waals surface area contributed by atoms with Gasteiger partial charge in [-0.15, -0.1) is 0 Å². The zero-order chi connectivity index (χ0) is 17.0. The van der Waals surface area contributed by atoms with Crippen LogP contribution in [0.15, 0.2) is 35.0 Å². The number of halogens is 3. The molecule has 1 aromatic heterocycles. The maximum absolute atomic E-state index is 12.6. The first-order chi connectivity index (χ1) is 10.8. The molecule has 0 spiro atoms. The van der Waals surface area contributed by atoms with Crippen LogP contribution < -0.4 is 10.6 Å². The van der Waals surface area contributed by atoms with Gasteiger partial charge in [0.2, 0.25) is 5.91 Å². The van der Waals surface area contributed by atoms with Gasteiger partial charge in [-0.1, -0.05) is 0 Å². The van der Waals surface area contributed by atoms with E-state index in [0.29, 0.717) is 17.7 Å². The summed E-state index contributed by atoms with van der Waals surface area (Å²) in [4.78, 5) is 23.3. The van der Waals surface area contributed by atoms with Crippen molar-refractivity contribution in [1.29, 1.82) is 0 Å². The number of hydrogen-bond acceptors (Lipinski definition) is 4. The lowest BCUT2D eigenvalue weighted by molar-refractivity contribution is -0.137. The minimum Gasteiger partial charge on any atom is -0.506 e. The van der Waals surface area contributed by atoms with Gasteiger partial charge in [0.1, 0.15) is 5.75 Å². The summed E-state index contributed by atoms with van der Waals surface area (Å²) in [7, 11) is 0. The number of nitrogens with one attached hydrogen (secondary N) is 2. The molecule has 9 heteroatoms. The molecule has 1 aromatic carbocycles. The fourth-order valence-electron chi connectivity index (χ4n) is 1.66. The van der Waals surface area contributed by atoms with Crippen molar-refractivity contribution in [1.82, 2.24) is 5.32 Å². The number of rotatable bonds is 4.